The van der Waals surface area contributed by atoms with E-state index in [0.29, 0.717) is 21.9 Å². The van der Waals surface area contributed by atoms with E-state index < -0.39 is 70.9 Å². The molecule has 4 aromatic rings. The summed E-state index contributed by atoms with van der Waals surface area (Å²) in [4.78, 5) is 98.8. The second-order valence-electron chi connectivity index (χ2n) is 15.8. The highest BCUT2D eigenvalue weighted by Gasteiger charge is 2.55. The average Bonchev–Trinajstić information content (AvgIpc) is 3.69. The number of thioether (sulfide) groups is 2. The lowest BCUT2D eigenvalue weighted by molar-refractivity contribution is -0.155. The van der Waals surface area contributed by atoms with Gasteiger partial charge in [0.2, 0.25) is 11.1 Å². The maximum Gasteiger partial charge on any atom is 0.412 e. The zero-order valence-electron chi connectivity index (χ0n) is 35.5. The van der Waals surface area contributed by atoms with Crippen LogP contribution in [0.25, 0.3) is 0 Å². The molecule has 0 bridgehead atoms. The van der Waals surface area contributed by atoms with Gasteiger partial charge in [-0.3, -0.25) is 34.3 Å². The van der Waals surface area contributed by atoms with Crippen LogP contribution < -0.4 is 16.0 Å². The van der Waals surface area contributed by atoms with E-state index in [1.807, 2.05) is 60.7 Å². The molecule has 7 amide bonds. The first kappa shape index (κ1) is 45.3. The van der Waals surface area contributed by atoms with Crippen LogP contribution in [0.15, 0.2) is 101 Å². The van der Waals surface area contributed by atoms with Gasteiger partial charge < -0.3 is 25.0 Å². The molecule has 3 aliphatic rings. The number of piperazine rings is 1. The van der Waals surface area contributed by atoms with Gasteiger partial charge in [-0.1, -0.05) is 84.6 Å². The number of amides is 7. The fraction of sp³-hybridized carbons (Fsp3) is 0.349. The van der Waals surface area contributed by atoms with Gasteiger partial charge in [-0.25, -0.2) is 19.1 Å². The number of aromatic nitrogens is 4. The number of imide groups is 1. The monoisotopic (exact) mass is 910 g/mol. The lowest BCUT2D eigenvalue weighted by Gasteiger charge is -2.50. The molecule has 64 heavy (non-hydrogen) atoms. The quantitative estimate of drug-likeness (QED) is 0.0752. The van der Waals surface area contributed by atoms with Gasteiger partial charge in [-0.05, 0) is 72.5 Å². The van der Waals surface area contributed by atoms with Crippen molar-refractivity contribution in [3.8, 4) is 0 Å². The first-order valence-corrected chi connectivity index (χ1v) is 22.3. The van der Waals surface area contributed by atoms with E-state index in [4.69, 9.17) is 9.47 Å². The second kappa shape index (κ2) is 19.3. The molecule has 0 unspecified atom stereocenters. The Kier molecular flexibility index (Phi) is 13.7. The average molecular weight is 911 g/mol. The van der Waals surface area contributed by atoms with Crippen LogP contribution in [0.2, 0.25) is 0 Å². The van der Waals surface area contributed by atoms with Crippen molar-refractivity contribution in [2.75, 3.05) is 36.5 Å². The molecule has 0 spiro atoms. The molecular formula is C43H46N10O9S2. The Hall–Kier alpha value is -6.74. The standard InChI is InChI=1S/C43H46N10O9S2/c1-6-51-20-21-52(37(57)36(51)56)40(59)46-30(27-18-13-19-29(22-27)44-42(60)62-43(2,3)4)34(54)45-31-35(55)53-32(28(23-63-38(31)53)24-64-41-47-48-49-50(41)5)39(58)61-33(25-14-9-7-10-15-25)26-16-11-8-12-17-26/h7-19,22,30-31,33,38H,6,20-21,23-24H2,1-5H3,(H,44,60)(H,45,54)(H,46,59)/t30-,31-,38-/m1/s1. The Balaban J connectivity index is 1.16. The molecule has 7 rings (SSSR count). The Bertz CT molecular complexity index is 2440. The molecule has 3 atom stereocenters. The summed E-state index contributed by atoms with van der Waals surface area (Å²) >= 11 is 2.59. The van der Waals surface area contributed by atoms with Gasteiger partial charge in [0.05, 0.1) is 0 Å². The number of anilines is 1. The zero-order valence-corrected chi connectivity index (χ0v) is 37.2. The van der Waals surface area contributed by atoms with Crippen molar-refractivity contribution in [2.24, 2.45) is 7.05 Å². The molecule has 3 aromatic carbocycles. The zero-order chi connectivity index (χ0) is 45.7. The molecule has 0 saturated carbocycles. The van der Waals surface area contributed by atoms with Gasteiger partial charge in [0, 0.05) is 43.9 Å². The van der Waals surface area contributed by atoms with Crippen molar-refractivity contribution in [3.05, 3.63) is 113 Å². The highest BCUT2D eigenvalue weighted by molar-refractivity contribution is 8.01. The maximum atomic E-state index is 14.5. The lowest BCUT2D eigenvalue weighted by Crippen LogP contribution is -2.71. The van der Waals surface area contributed by atoms with Crippen molar-refractivity contribution >= 4 is 70.9 Å². The molecular weight excluding hydrogens is 865 g/mol. The number of tetrazole rings is 1. The largest absolute Gasteiger partial charge is 0.448 e. The third-order valence-corrected chi connectivity index (χ3v) is 12.7. The van der Waals surface area contributed by atoms with E-state index in [-0.39, 0.29) is 48.1 Å². The highest BCUT2D eigenvalue weighted by atomic mass is 32.2. The number of likely N-dealkylation sites (N-methyl/N-ethyl adjacent to an activating group) is 1. The van der Waals surface area contributed by atoms with Gasteiger partial charge in [0.25, 0.3) is 5.91 Å². The Morgan fingerprint density at radius 2 is 1.58 bits per heavy atom. The predicted octanol–water partition coefficient (Wildman–Crippen LogP) is 3.78. The molecule has 19 nitrogen and oxygen atoms in total. The topological polar surface area (TPSA) is 227 Å². The molecule has 1 aromatic heterocycles. The molecule has 3 N–H and O–H groups in total. The van der Waals surface area contributed by atoms with E-state index in [9.17, 15) is 33.6 Å². The number of rotatable bonds is 13. The molecule has 21 heteroatoms. The van der Waals surface area contributed by atoms with Crippen LogP contribution >= 0.6 is 23.5 Å². The number of nitrogens with one attached hydrogen (secondary N) is 3. The molecule has 0 aliphatic carbocycles. The number of β-lactam (4-membered cyclic amide) rings is 1. The number of carbonyl (C=O) groups is 7. The van der Waals surface area contributed by atoms with E-state index in [1.165, 1.54) is 56.2 Å². The van der Waals surface area contributed by atoms with Crippen LogP contribution in [0, 0.1) is 0 Å². The second-order valence-corrected chi connectivity index (χ2v) is 17.9. The maximum absolute atomic E-state index is 14.5. The molecule has 3 aliphatic heterocycles. The third-order valence-electron chi connectivity index (χ3n) is 10.3. The summed E-state index contributed by atoms with van der Waals surface area (Å²) in [5.74, 6) is -3.64. The van der Waals surface area contributed by atoms with Gasteiger partial charge in [0.1, 0.15) is 28.8 Å². The number of hydrogen-bond acceptors (Lipinski definition) is 14. The minimum Gasteiger partial charge on any atom is -0.448 e. The summed E-state index contributed by atoms with van der Waals surface area (Å²) in [6.45, 7) is 7.04. The van der Waals surface area contributed by atoms with Crippen LogP contribution in [-0.2, 0) is 40.5 Å². The molecule has 2 saturated heterocycles. The van der Waals surface area contributed by atoms with Crippen molar-refractivity contribution in [1.29, 1.82) is 0 Å². The van der Waals surface area contributed by atoms with Gasteiger partial charge >= 0.3 is 29.9 Å². The summed E-state index contributed by atoms with van der Waals surface area (Å²) in [6.07, 6.45) is -1.59. The van der Waals surface area contributed by atoms with Gasteiger partial charge in [-0.15, -0.1) is 16.9 Å². The number of ether oxygens (including phenoxy) is 2. The third kappa shape index (κ3) is 10.0. The minimum absolute atomic E-state index is 0.0268. The SMILES string of the molecule is CCN1CCN(C(=O)N[C@@H](C(=O)N[C@@H]2C(=O)N3C(C(=O)OC(c4ccccc4)c4ccccc4)=C(CSc4nnnn4C)CS[C@H]23)c2cccc(NC(=O)OC(C)(C)C)c2)C(=O)C1=O. The van der Waals surface area contributed by atoms with Crippen molar-refractivity contribution in [3.63, 3.8) is 0 Å². The number of hydrogen-bond donors (Lipinski definition) is 3. The molecule has 2 fully saturated rings. The van der Waals surface area contributed by atoms with Gasteiger partial charge in [0.15, 0.2) is 6.10 Å². The number of aryl methyl sites for hydroxylation is 1. The summed E-state index contributed by atoms with van der Waals surface area (Å²) in [7, 11) is 1.68. The number of fused-ring (bicyclic) bond motifs is 1. The van der Waals surface area contributed by atoms with Crippen LogP contribution in [0.1, 0.15) is 56.5 Å². The highest BCUT2D eigenvalue weighted by Crippen LogP contribution is 2.43. The Morgan fingerprint density at radius 3 is 2.20 bits per heavy atom. The molecule has 334 valence electrons. The van der Waals surface area contributed by atoms with Crippen LogP contribution in [0.5, 0.6) is 0 Å². The van der Waals surface area contributed by atoms with E-state index in [0.717, 1.165) is 4.90 Å². The summed E-state index contributed by atoms with van der Waals surface area (Å²) in [6, 6.07) is 20.7. The first-order chi connectivity index (χ1) is 30.6. The van der Waals surface area contributed by atoms with E-state index in [1.54, 1.807) is 40.8 Å². The number of urea groups is 1. The van der Waals surface area contributed by atoms with Crippen molar-refractivity contribution in [2.45, 2.75) is 62.0 Å². The van der Waals surface area contributed by atoms with Gasteiger partial charge in [-0.2, -0.15) is 0 Å². The Labute approximate surface area is 376 Å². The first-order valence-electron chi connectivity index (χ1n) is 20.3. The van der Waals surface area contributed by atoms with Crippen LogP contribution in [0.4, 0.5) is 15.3 Å². The van der Waals surface area contributed by atoms with Crippen molar-refractivity contribution in [1.82, 2.24) is 45.5 Å². The van der Waals surface area contributed by atoms with Crippen LogP contribution in [-0.4, -0.2) is 125 Å². The number of nitrogens with zero attached hydrogens (tertiary/aromatic N) is 7. The molecule has 4 heterocycles. The van der Waals surface area contributed by atoms with E-state index in [2.05, 4.69) is 31.5 Å². The fourth-order valence-corrected chi connectivity index (χ4v) is 9.49. The number of carbonyl (C=O) groups excluding carboxylic acids is 7. The fourth-order valence-electron chi connectivity index (χ4n) is 7.15. The Morgan fingerprint density at radius 1 is 0.906 bits per heavy atom. The van der Waals surface area contributed by atoms with E-state index >= 15 is 0 Å². The summed E-state index contributed by atoms with van der Waals surface area (Å²) in [5.41, 5.74) is 1.60. The number of benzene rings is 3. The molecule has 0 radical (unpaired) electrons. The smallest absolute Gasteiger partial charge is 0.412 e. The van der Waals surface area contributed by atoms with Crippen molar-refractivity contribution < 1.29 is 43.0 Å². The number of esters is 1. The summed E-state index contributed by atoms with van der Waals surface area (Å²) in [5, 5.41) is 19.3. The predicted molar refractivity (Wildman–Crippen MR) is 234 cm³/mol. The normalized spacial score (nSPS) is 18.0. The minimum atomic E-state index is -1.54. The summed E-state index contributed by atoms with van der Waals surface area (Å²) < 4.78 is 13.1. The lowest BCUT2D eigenvalue weighted by atomic mass is 10.00. The van der Waals surface area contributed by atoms with Crippen LogP contribution in [0.3, 0.4) is 0 Å².